The summed E-state index contributed by atoms with van der Waals surface area (Å²) in [4.78, 5) is 27.6. The largest absolute Gasteiger partial charge is 0.354 e. The van der Waals surface area contributed by atoms with Crippen LogP contribution in [0.2, 0.25) is 5.02 Å². The molecule has 0 saturated heterocycles. The van der Waals surface area contributed by atoms with E-state index in [0.717, 1.165) is 11.1 Å². The Bertz CT molecular complexity index is 901. The zero-order valence-corrected chi connectivity index (χ0v) is 21.0. The van der Waals surface area contributed by atoms with Crippen molar-refractivity contribution in [2.45, 2.75) is 72.4 Å². The van der Waals surface area contributed by atoms with Crippen LogP contribution in [0.3, 0.4) is 0 Å². The molecule has 0 aliphatic rings. The number of amides is 2. The summed E-state index contributed by atoms with van der Waals surface area (Å²) >= 11 is 6.14. The van der Waals surface area contributed by atoms with Crippen LogP contribution in [0.25, 0.3) is 0 Å². The van der Waals surface area contributed by atoms with E-state index in [1.54, 1.807) is 17.9 Å². The van der Waals surface area contributed by atoms with Gasteiger partial charge in [-0.05, 0) is 53.5 Å². The number of hydrogen-bond acceptors (Lipinski definition) is 2. The molecule has 2 aromatic carbocycles. The molecule has 0 spiro atoms. The van der Waals surface area contributed by atoms with E-state index in [4.69, 9.17) is 11.6 Å². The highest BCUT2D eigenvalue weighted by atomic mass is 35.5. The third-order valence-corrected chi connectivity index (χ3v) is 5.78. The Kier molecular flexibility index (Phi) is 9.33. The smallest absolute Gasteiger partial charge is 0.242 e. The standard InChI is InChI=1S/C27H37ClN2O2/c1-19(2)17-29-26(32)20(3)30(18-22-8-7-9-24(28)16-22)25(31)15-12-21-10-13-23(14-11-21)27(4,5)6/h7-11,13-14,16,19-20H,12,15,17-18H2,1-6H3,(H,29,32). The van der Waals surface area contributed by atoms with Crippen molar-refractivity contribution >= 4 is 23.4 Å². The second-order valence-electron chi connectivity index (χ2n) is 9.91. The zero-order valence-electron chi connectivity index (χ0n) is 20.2. The van der Waals surface area contributed by atoms with Crippen molar-refractivity contribution in [3.63, 3.8) is 0 Å². The fourth-order valence-corrected chi connectivity index (χ4v) is 3.65. The van der Waals surface area contributed by atoms with Crippen LogP contribution in [0, 0.1) is 5.92 Å². The molecule has 0 aromatic heterocycles. The molecule has 174 valence electrons. The van der Waals surface area contributed by atoms with E-state index < -0.39 is 6.04 Å². The number of nitrogens with one attached hydrogen (secondary N) is 1. The molecular weight excluding hydrogens is 420 g/mol. The third-order valence-electron chi connectivity index (χ3n) is 5.54. The quantitative estimate of drug-likeness (QED) is 0.521. The summed E-state index contributed by atoms with van der Waals surface area (Å²) in [6.07, 6.45) is 0.979. The highest BCUT2D eigenvalue weighted by molar-refractivity contribution is 6.30. The van der Waals surface area contributed by atoms with E-state index in [9.17, 15) is 9.59 Å². The van der Waals surface area contributed by atoms with E-state index in [0.29, 0.717) is 36.9 Å². The van der Waals surface area contributed by atoms with E-state index in [2.05, 4.69) is 50.4 Å². The van der Waals surface area contributed by atoms with Crippen molar-refractivity contribution in [3.05, 3.63) is 70.2 Å². The second kappa shape index (κ2) is 11.5. The highest BCUT2D eigenvalue weighted by Gasteiger charge is 2.26. The third kappa shape index (κ3) is 7.98. The molecule has 0 aliphatic heterocycles. The van der Waals surface area contributed by atoms with Gasteiger partial charge in [-0.1, -0.05) is 82.6 Å². The number of carbonyl (C=O) groups is 2. The van der Waals surface area contributed by atoms with E-state index in [-0.39, 0.29) is 17.2 Å². The normalized spacial score (nSPS) is 12.5. The van der Waals surface area contributed by atoms with Gasteiger partial charge in [0, 0.05) is 24.5 Å². The van der Waals surface area contributed by atoms with Gasteiger partial charge in [-0.3, -0.25) is 9.59 Å². The number of nitrogens with zero attached hydrogens (tertiary/aromatic N) is 1. The van der Waals surface area contributed by atoms with Crippen LogP contribution in [-0.4, -0.2) is 29.3 Å². The summed E-state index contributed by atoms with van der Waals surface area (Å²) in [5, 5.41) is 3.57. The van der Waals surface area contributed by atoms with Crippen LogP contribution in [0.1, 0.15) is 64.7 Å². The molecular formula is C27H37ClN2O2. The highest BCUT2D eigenvalue weighted by Crippen LogP contribution is 2.23. The zero-order chi connectivity index (χ0) is 23.9. The molecule has 5 heteroatoms. The molecule has 0 radical (unpaired) electrons. The van der Waals surface area contributed by atoms with E-state index in [1.165, 1.54) is 5.56 Å². The first-order valence-electron chi connectivity index (χ1n) is 11.4. The summed E-state index contributed by atoms with van der Waals surface area (Å²) in [5.74, 6) is 0.167. The SMILES string of the molecule is CC(C)CNC(=O)C(C)N(Cc1cccc(Cl)c1)C(=O)CCc1ccc(C(C)(C)C)cc1. The monoisotopic (exact) mass is 456 g/mol. The average molecular weight is 457 g/mol. The maximum atomic E-state index is 13.2. The number of benzene rings is 2. The minimum Gasteiger partial charge on any atom is -0.354 e. The van der Waals surface area contributed by atoms with Gasteiger partial charge in [0.2, 0.25) is 11.8 Å². The van der Waals surface area contributed by atoms with Crippen LogP contribution in [0.4, 0.5) is 0 Å². The Labute approximate surface area is 198 Å². The van der Waals surface area contributed by atoms with Gasteiger partial charge in [0.1, 0.15) is 6.04 Å². The minimum absolute atomic E-state index is 0.0444. The Morgan fingerprint density at radius 3 is 2.22 bits per heavy atom. The van der Waals surface area contributed by atoms with Crippen molar-refractivity contribution in [2.24, 2.45) is 5.92 Å². The summed E-state index contributed by atoms with van der Waals surface area (Å²) in [6, 6.07) is 15.3. The number of rotatable bonds is 9. The molecule has 1 atom stereocenters. The summed E-state index contributed by atoms with van der Waals surface area (Å²) in [7, 11) is 0. The Morgan fingerprint density at radius 2 is 1.66 bits per heavy atom. The lowest BCUT2D eigenvalue weighted by molar-refractivity contribution is -0.140. The lowest BCUT2D eigenvalue weighted by Gasteiger charge is -2.29. The molecule has 1 N–H and O–H groups in total. The Balaban J connectivity index is 2.12. The lowest BCUT2D eigenvalue weighted by Crippen LogP contribution is -2.48. The van der Waals surface area contributed by atoms with Crippen molar-refractivity contribution in [1.29, 1.82) is 0 Å². The first kappa shape index (κ1) is 25.9. The van der Waals surface area contributed by atoms with Gasteiger partial charge < -0.3 is 10.2 Å². The van der Waals surface area contributed by atoms with Crippen LogP contribution < -0.4 is 5.32 Å². The number of carbonyl (C=O) groups excluding carboxylic acids is 2. The van der Waals surface area contributed by atoms with E-state index >= 15 is 0 Å². The van der Waals surface area contributed by atoms with Gasteiger partial charge in [-0.15, -0.1) is 0 Å². The van der Waals surface area contributed by atoms with Crippen LogP contribution in [0.15, 0.2) is 48.5 Å². The van der Waals surface area contributed by atoms with Gasteiger partial charge in [0.05, 0.1) is 0 Å². The molecule has 0 aliphatic carbocycles. The van der Waals surface area contributed by atoms with Gasteiger partial charge in [-0.2, -0.15) is 0 Å². The average Bonchev–Trinajstić information content (AvgIpc) is 2.73. The number of aryl methyl sites for hydroxylation is 1. The Hall–Kier alpha value is -2.33. The molecule has 32 heavy (non-hydrogen) atoms. The van der Waals surface area contributed by atoms with Gasteiger partial charge in [-0.25, -0.2) is 0 Å². The maximum absolute atomic E-state index is 13.2. The van der Waals surface area contributed by atoms with Crippen LogP contribution in [0.5, 0.6) is 0 Å². The van der Waals surface area contributed by atoms with Crippen LogP contribution >= 0.6 is 11.6 Å². The first-order chi connectivity index (χ1) is 15.0. The summed E-state index contributed by atoms with van der Waals surface area (Å²) in [6.45, 7) is 13.4. The van der Waals surface area contributed by atoms with Crippen molar-refractivity contribution in [3.8, 4) is 0 Å². The van der Waals surface area contributed by atoms with Crippen molar-refractivity contribution < 1.29 is 9.59 Å². The second-order valence-corrected chi connectivity index (χ2v) is 10.3. The predicted octanol–water partition coefficient (Wildman–Crippen LogP) is 5.76. The molecule has 0 fully saturated rings. The summed E-state index contributed by atoms with van der Waals surface area (Å²) in [5.41, 5.74) is 3.39. The summed E-state index contributed by atoms with van der Waals surface area (Å²) < 4.78 is 0. The molecule has 0 bridgehead atoms. The first-order valence-corrected chi connectivity index (χ1v) is 11.8. The van der Waals surface area contributed by atoms with Gasteiger partial charge in [0.15, 0.2) is 0 Å². The van der Waals surface area contributed by atoms with Crippen LogP contribution in [-0.2, 0) is 28.0 Å². The molecule has 0 heterocycles. The molecule has 2 amide bonds. The maximum Gasteiger partial charge on any atom is 0.242 e. The fourth-order valence-electron chi connectivity index (χ4n) is 3.43. The van der Waals surface area contributed by atoms with E-state index in [1.807, 2.05) is 32.0 Å². The molecule has 0 saturated carbocycles. The fraction of sp³-hybridized carbons (Fsp3) is 0.481. The number of halogens is 1. The topological polar surface area (TPSA) is 49.4 Å². The van der Waals surface area contributed by atoms with Crippen molar-refractivity contribution in [2.75, 3.05) is 6.54 Å². The molecule has 2 aromatic rings. The predicted molar refractivity (Wildman–Crippen MR) is 133 cm³/mol. The van der Waals surface area contributed by atoms with Crippen molar-refractivity contribution in [1.82, 2.24) is 10.2 Å². The Morgan fingerprint density at radius 1 is 1.00 bits per heavy atom. The molecule has 4 nitrogen and oxygen atoms in total. The molecule has 2 rings (SSSR count). The molecule has 1 unspecified atom stereocenters. The van der Waals surface area contributed by atoms with Gasteiger partial charge >= 0.3 is 0 Å². The van der Waals surface area contributed by atoms with Gasteiger partial charge in [0.25, 0.3) is 0 Å². The number of hydrogen-bond donors (Lipinski definition) is 1. The lowest BCUT2D eigenvalue weighted by atomic mass is 9.86. The minimum atomic E-state index is -0.566.